The van der Waals surface area contributed by atoms with Crippen molar-refractivity contribution in [2.75, 3.05) is 13.7 Å². The third kappa shape index (κ3) is 3.46. The number of benzene rings is 1. The van der Waals surface area contributed by atoms with Crippen LogP contribution in [-0.2, 0) is 9.53 Å². The zero-order valence-electron chi connectivity index (χ0n) is 11.4. The van der Waals surface area contributed by atoms with E-state index in [-0.39, 0.29) is 0 Å². The zero-order valence-corrected chi connectivity index (χ0v) is 11.4. The van der Waals surface area contributed by atoms with Gasteiger partial charge in [0.25, 0.3) is 5.91 Å². The smallest absolute Gasteiger partial charge is 0.330 e. The lowest BCUT2D eigenvalue weighted by Crippen LogP contribution is -2.44. The summed E-state index contributed by atoms with van der Waals surface area (Å²) in [6.07, 6.45) is 3.44. The summed E-state index contributed by atoms with van der Waals surface area (Å²) in [7, 11) is 1.19. The molecule has 7 nitrogen and oxygen atoms in total. The molecule has 2 N–H and O–H groups in total. The minimum absolute atomic E-state index is 0.369. The van der Waals surface area contributed by atoms with Gasteiger partial charge in [0.2, 0.25) is 0 Å². The maximum Gasteiger partial charge on any atom is 0.330 e. The number of rotatable bonds is 5. The molecular weight excluding hydrogens is 274 g/mol. The van der Waals surface area contributed by atoms with Gasteiger partial charge in [-0.15, -0.1) is 0 Å². The van der Waals surface area contributed by atoms with Crippen LogP contribution in [0.2, 0.25) is 0 Å². The first-order valence-corrected chi connectivity index (χ1v) is 6.25. The third-order valence-corrected chi connectivity index (χ3v) is 2.87. The van der Waals surface area contributed by atoms with Gasteiger partial charge in [0.05, 0.1) is 19.4 Å². The van der Waals surface area contributed by atoms with E-state index in [1.807, 2.05) is 0 Å². The molecule has 0 unspecified atom stereocenters. The van der Waals surface area contributed by atoms with Crippen LogP contribution in [0.25, 0.3) is 5.69 Å². The second-order valence-corrected chi connectivity index (χ2v) is 4.23. The number of aromatic nitrogens is 2. The maximum atomic E-state index is 12.0. The normalized spacial score (nSPS) is 11.7. The summed E-state index contributed by atoms with van der Waals surface area (Å²) in [5.41, 5.74) is 1.18. The molecule has 0 saturated heterocycles. The predicted octanol–water partition coefficient (Wildman–Crippen LogP) is 0.136. The van der Waals surface area contributed by atoms with Gasteiger partial charge in [-0.2, -0.15) is 5.10 Å². The first kappa shape index (κ1) is 14.7. The van der Waals surface area contributed by atoms with E-state index in [2.05, 4.69) is 15.2 Å². The van der Waals surface area contributed by atoms with E-state index in [0.717, 1.165) is 5.69 Å². The summed E-state index contributed by atoms with van der Waals surface area (Å²) >= 11 is 0. The van der Waals surface area contributed by atoms with Crippen LogP contribution in [0.1, 0.15) is 10.4 Å². The van der Waals surface area contributed by atoms with E-state index in [1.165, 1.54) is 7.11 Å². The van der Waals surface area contributed by atoms with Crippen molar-refractivity contribution in [3.8, 4) is 5.69 Å². The van der Waals surface area contributed by atoms with Gasteiger partial charge >= 0.3 is 5.97 Å². The highest BCUT2D eigenvalue weighted by Crippen LogP contribution is 2.08. The van der Waals surface area contributed by atoms with E-state index in [4.69, 9.17) is 5.11 Å². The predicted molar refractivity (Wildman–Crippen MR) is 73.9 cm³/mol. The van der Waals surface area contributed by atoms with E-state index in [1.54, 1.807) is 47.4 Å². The van der Waals surface area contributed by atoms with E-state index in [9.17, 15) is 9.59 Å². The van der Waals surface area contributed by atoms with Crippen LogP contribution < -0.4 is 5.32 Å². The fourth-order valence-electron chi connectivity index (χ4n) is 1.75. The van der Waals surface area contributed by atoms with Gasteiger partial charge < -0.3 is 15.2 Å². The van der Waals surface area contributed by atoms with Crippen LogP contribution in [0.5, 0.6) is 0 Å². The van der Waals surface area contributed by atoms with Crippen LogP contribution in [0.4, 0.5) is 0 Å². The Bertz CT molecular complexity index is 608. The second-order valence-electron chi connectivity index (χ2n) is 4.23. The maximum absolute atomic E-state index is 12.0. The quantitative estimate of drug-likeness (QED) is 0.763. The lowest BCUT2D eigenvalue weighted by Gasteiger charge is -2.13. The molecule has 1 aromatic carbocycles. The Balaban J connectivity index is 2.08. The molecule has 1 amide bonds. The first-order valence-electron chi connectivity index (χ1n) is 6.25. The fourth-order valence-corrected chi connectivity index (χ4v) is 1.75. The second kappa shape index (κ2) is 6.67. The van der Waals surface area contributed by atoms with Gasteiger partial charge in [-0.1, -0.05) is 0 Å². The van der Waals surface area contributed by atoms with Crippen LogP contribution in [-0.4, -0.2) is 46.5 Å². The average Bonchev–Trinajstić information content (AvgIpc) is 3.06. The number of amides is 1. The number of hydrogen-bond donors (Lipinski definition) is 2. The molecule has 0 fully saturated rings. The molecule has 0 aliphatic rings. The first-order chi connectivity index (χ1) is 10.2. The Morgan fingerprint density at radius 1 is 1.38 bits per heavy atom. The van der Waals surface area contributed by atoms with Crippen LogP contribution in [0.15, 0.2) is 42.7 Å². The van der Waals surface area contributed by atoms with Crippen molar-refractivity contribution in [2.24, 2.45) is 0 Å². The van der Waals surface area contributed by atoms with Crippen LogP contribution in [0.3, 0.4) is 0 Å². The summed E-state index contributed by atoms with van der Waals surface area (Å²) in [5, 5.41) is 15.5. The molecule has 0 bridgehead atoms. The third-order valence-electron chi connectivity index (χ3n) is 2.87. The highest BCUT2D eigenvalue weighted by molar-refractivity contribution is 5.96. The topological polar surface area (TPSA) is 93.5 Å². The number of aliphatic hydroxyl groups is 1. The van der Waals surface area contributed by atoms with Crippen molar-refractivity contribution in [1.82, 2.24) is 15.1 Å². The average molecular weight is 289 g/mol. The van der Waals surface area contributed by atoms with Gasteiger partial charge in [-0.05, 0) is 30.3 Å². The molecule has 1 heterocycles. The Morgan fingerprint density at radius 2 is 2.10 bits per heavy atom. The molecule has 0 aliphatic heterocycles. The highest BCUT2D eigenvalue weighted by Gasteiger charge is 2.21. The number of carbonyl (C=O) groups excluding carboxylic acids is 2. The van der Waals surface area contributed by atoms with Gasteiger partial charge in [-0.3, -0.25) is 4.79 Å². The Kier molecular flexibility index (Phi) is 4.68. The van der Waals surface area contributed by atoms with Gasteiger partial charge in [0.15, 0.2) is 6.04 Å². The van der Waals surface area contributed by atoms with Crippen molar-refractivity contribution in [3.05, 3.63) is 48.3 Å². The molecule has 1 atom stereocenters. The van der Waals surface area contributed by atoms with Crippen molar-refractivity contribution < 1.29 is 19.4 Å². The number of esters is 1. The molecule has 0 aliphatic carbocycles. The Labute approximate surface area is 121 Å². The molecule has 0 saturated carbocycles. The molecular formula is C14H15N3O4. The lowest BCUT2D eigenvalue weighted by atomic mass is 10.2. The van der Waals surface area contributed by atoms with Crippen LogP contribution >= 0.6 is 0 Å². The van der Waals surface area contributed by atoms with E-state index >= 15 is 0 Å². The monoisotopic (exact) mass is 289 g/mol. The summed E-state index contributed by atoms with van der Waals surface area (Å²) in [6, 6.07) is 7.40. The number of nitrogens with zero attached hydrogens (tertiary/aromatic N) is 2. The summed E-state index contributed by atoms with van der Waals surface area (Å²) in [6.45, 7) is -0.524. The van der Waals surface area contributed by atoms with Crippen molar-refractivity contribution >= 4 is 11.9 Å². The Morgan fingerprint density at radius 3 is 2.62 bits per heavy atom. The summed E-state index contributed by atoms with van der Waals surface area (Å²) < 4.78 is 6.14. The van der Waals surface area contributed by atoms with Crippen molar-refractivity contribution in [2.45, 2.75) is 6.04 Å². The minimum Gasteiger partial charge on any atom is -0.467 e. The Hall–Kier alpha value is -2.67. The van der Waals surface area contributed by atoms with Gasteiger partial charge in [0.1, 0.15) is 0 Å². The van der Waals surface area contributed by atoms with Crippen molar-refractivity contribution in [1.29, 1.82) is 0 Å². The van der Waals surface area contributed by atoms with Crippen molar-refractivity contribution in [3.63, 3.8) is 0 Å². The molecule has 21 heavy (non-hydrogen) atoms. The number of nitrogens with one attached hydrogen (secondary N) is 1. The molecule has 2 rings (SSSR count). The fraction of sp³-hybridized carbons (Fsp3) is 0.214. The zero-order chi connectivity index (χ0) is 15.2. The SMILES string of the molecule is COC(=O)[C@H](CO)NC(=O)c1ccc(-n2cccn2)cc1. The van der Waals surface area contributed by atoms with Gasteiger partial charge in [-0.25, -0.2) is 9.48 Å². The van der Waals surface area contributed by atoms with E-state index < -0.39 is 24.5 Å². The standard InChI is InChI=1S/C14H15N3O4/c1-21-14(20)12(9-18)16-13(19)10-3-5-11(6-4-10)17-8-2-7-15-17/h2-8,12,18H,9H2,1H3,(H,16,19)/t12-/m0/s1. The highest BCUT2D eigenvalue weighted by atomic mass is 16.5. The lowest BCUT2D eigenvalue weighted by molar-refractivity contribution is -0.143. The number of carbonyl (C=O) groups is 2. The van der Waals surface area contributed by atoms with Gasteiger partial charge in [0, 0.05) is 18.0 Å². The summed E-state index contributed by atoms with van der Waals surface area (Å²) in [5.74, 6) is -1.16. The molecule has 0 radical (unpaired) electrons. The summed E-state index contributed by atoms with van der Waals surface area (Å²) in [4.78, 5) is 23.3. The largest absolute Gasteiger partial charge is 0.467 e. The molecule has 7 heteroatoms. The van der Waals surface area contributed by atoms with Crippen LogP contribution in [0, 0.1) is 0 Å². The molecule has 1 aromatic heterocycles. The number of methoxy groups -OCH3 is 1. The van der Waals surface area contributed by atoms with E-state index in [0.29, 0.717) is 5.56 Å². The molecule has 110 valence electrons. The molecule has 0 spiro atoms. The number of hydrogen-bond acceptors (Lipinski definition) is 5. The minimum atomic E-state index is -1.08. The molecule has 2 aromatic rings. The number of aliphatic hydroxyl groups excluding tert-OH is 1. The number of ether oxygens (including phenoxy) is 1.